The van der Waals surface area contributed by atoms with E-state index in [0.717, 1.165) is 22.9 Å². The van der Waals surface area contributed by atoms with Crippen molar-refractivity contribution in [3.63, 3.8) is 0 Å². The highest BCUT2D eigenvalue weighted by Crippen LogP contribution is 2.22. The number of carbonyl (C=O) groups is 3. The second-order valence-electron chi connectivity index (χ2n) is 7.25. The third-order valence-corrected chi connectivity index (χ3v) is 5.68. The monoisotopic (exact) mass is 396 g/mol. The van der Waals surface area contributed by atoms with Gasteiger partial charge in [0.25, 0.3) is 11.1 Å². The van der Waals surface area contributed by atoms with Crippen molar-refractivity contribution >= 4 is 28.8 Å². The number of imide groups is 1. The Morgan fingerprint density at radius 2 is 1.75 bits per heavy atom. The van der Waals surface area contributed by atoms with E-state index in [9.17, 15) is 14.4 Å². The molecule has 1 N–H and O–H groups in total. The van der Waals surface area contributed by atoms with Crippen molar-refractivity contribution in [3.05, 3.63) is 70.8 Å². The van der Waals surface area contributed by atoms with Crippen LogP contribution in [-0.2, 0) is 11.3 Å². The van der Waals surface area contributed by atoms with Crippen LogP contribution < -0.4 is 5.32 Å². The predicted molar refractivity (Wildman–Crippen MR) is 111 cm³/mol. The van der Waals surface area contributed by atoms with Crippen LogP contribution in [0.1, 0.15) is 59.8 Å². The number of nitrogens with one attached hydrogen (secondary N) is 1. The first-order chi connectivity index (χ1) is 13.3. The van der Waals surface area contributed by atoms with Gasteiger partial charge in [-0.3, -0.25) is 19.3 Å². The summed E-state index contributed by atoms with van der Waals surface area (Å²) in [6, 6.07) is 15.2. The second kappa shape index (κ2) is 8.61. The van der Waals surface area contributed by atoms with Gasteiger partial charge in [-0.15, -0.1) is 0 Å². The van der Waals surface area contributed by atoms with Gasteiger partial charge in [0, 0.05) is 5.56 Å². The molecule has 1 heterocycles. The summed E-state index contributed by atoms with van der Waals surface area (Å²) in [6.07, 6.45) is 0. The summed E-state index contributed by atoms with van der Waals surface area (Å²) in [5.74, 6) is 0.278. The molecule has 0 saturated carbocycles. The Bertz CT molecular complexity index is 877. The average molecular weight is 397 g/mol. The third kappa shape index (κ3) is 4.62. The molecule has 2 aromatic rings. The SMILES string of the molecule is CC(C)c1ccc(C(C)NC(=O)c2cccc(CN3C(=O)CSC3=O)c2)cc1. The summed E-state index contributed by atoms with van der Waals surface area (Å²) in [7, 11) is 0. The van der Waals surface area contributed by atoms with Crippen LogP contribution in [0.2, 0.25) is 0 Å². The standard InChI is InChI=1S/C22H24N2O3S/c1-14(2)17-7-9-18(10-8-17)15(3)23-21(26)19-6-4-5-16(11-19)12-24-20(25)13-28-22(24)27/h4-11,14-15H,12-13H2,1-3H3,(H,23,26). The molecule has 1 fully saturated rings. The molecule has 6 heteroatoms. The van der Waals surface area contributed by atoms with Crippen LogP contribution in [0.25, 0.3) is 0 Å². The molecule has 1 atom stereocenters. The molecular formula is C22H24N2O3S. The van der Waals surface area contributed by atoms with Crippen molar-refractivity contribution in [1.29, 1.82) is 0 Å². The first-order valence-corrected chi connectivity index (χ1v) is 10.3. The number of thioether (sulfide) groups is 1. The van der Waals surface area contributed by atoms with Crippen LogP contribution >= 0.6 is 11.8 Å². The molecule has 146 valence electrons. The molecule has 1 aliphatic heterocycles. The maximum Gasteiger partial charge on any atom is 0.289 e. The predicted octanol–water partition coefficient (Wildman–Crippen LogP) is 4.50. The fourth-order valence-corrected chi connectivity index (χ4v) is 3.79. The molecule has 0 aromatic heterocycles. The number of hydrogen-bond donors (Lipinski definition) is 1. The van der Waals surface area contributed by atoms with Crippen LogP contribution in [-0.4, -0.2) is 27.7 Å². The summed E-state index contributed by atoms with van der Waals surface area (Å²) >= 11 is 1.01. The summed E-state index contributed by atoms with van der Waals surface area (Å²) in [5.41, 5.74) is 3.57. The van der Waals surface area contributed by atoms with Crippen LogP contribution in [0.5, 0.6) is 0 Å². The summed E-state index contributed by atoms with van der Waals surface area (Å²) in [4.78, 5) is 37.4. The molecule has 1 unspecified atom stereocenters. The number of amides is 3. The molecule has 3 amide bonds. The van der Waals surface area contributed by atoms with Crippen molar-refractivity contribution in [3.8, 4) is 0 Å². The Morgan fingerprint density at radius 1 is 1.07 bits per heavy atom. The Kier molecular flexibility index (Phi) is 6.19. The van der Waals surface area contributed by atoms with Gasteiger partial charge in [0.15, 0.2) is 0 Å². The normalized spacial score (nSPS) is 15.2. The quantitative estimate of drug-likeness (QED) is 0.781. The van der Waals surface area contributed by atoms with Crippen molar-refractivity contribution < 1.29 is 14.4 Å². The molecule has 2 aromatic carbocycles. The molecule has 0 spiro atoms. The third-order valence-electron chi connectivity index (χ3n) is 4.82. The molecule has 0 aliphatic carbocycles. The molecule has 0 radical (unpaired) electrons. The number of carbonyl (C=O) groups excluding carboxylic acids is 3. The maximum absolute atomic E-state index is 12.7. The van der Waals surface area contributed by atoms with Gasteiger partial charge in [0.2, 0.25) is 5.91 Å². The summed E-state index contributed by atoms with van der Waals surface area (Å²) in [6.45, 7) is 6.44. The summed E-state index contributed by atoms with van der Waals surface area (Å²) < 4.78 is 0. The van der Waals surface area contributed by atoms with Gasteiger partial charge in [0.1, 0.15) is 0 Å². The Hall–Kier alpha value is -2.60. The lowest BCUT2D eigenvalue weighted by atomic mass is 9.99. The van der Waals surface area contributed by atoms with E-state index in [2.05, 4.69) is 31.3 Å². The number of nitrogens with zero attached hydrogens (tertiary/aromatic N) is 1. The maximum atomic E-state index is 12.7. The lowest BCUT2D eigenvalue weighted by Gasteiger charge is -2.17. The molecule has 28 heavy (non-hydrogen) atoms. The Morgan fingerprint density at radius 3 is 2.36 bits per heavy atom. The minimum Gasteiger partial charge on any atom is -0.346 e. The summed E-state index contributed by atoms with van der Waals surface area (Å²) in [5, 5.41) is 2.77. The Balaban J connectivity index is 1.67. The van der Waals surface area contributed by atoms with Gasteiger partial charge in [-0.05, 0) is 41.7 Å². The van der Waals surface area contributed by atoms with Crippen LogP contribution in [0.4, 0.5) is 4.79 Å². The number of benzene rings is 2. The van der Waals surface area contributed by atoms with Crippen LogP contribution in [0, 0.1) is 0 Å². The highest BCUT2D eigenvalue weighted by Gasteiger charge is 2.29. The molecule has 1 saturated heterocycles. The zero-order valence-corrected chi connectivity index (χ0v) is 17.1. The highest BCUT2D eigenvalue weighted by atomic mass is 32.2. The van der Waals surface area contributed by atoms with E-state index in [1.165, 1.54) is 10.5 Å². The van der Waals surface area contributed by atoms with E-state index >= 15 is 0 Å². The average Bonchev–Trinajstić information content (AvgIpc) is 3.00. The highest BCUT2D eigenvalue weighted by molar-refractivity contribution is 8.14. The second-order valence-corrected chi connectivity index (χ2v) is 8.18. The van der Waals surface area contributed by atoms with E-state index in [-0.39, 0.29) is 35.4 Å². The molecule has 1 aliphatic rings. The van der Waals surface area contributed by atoms with Crippen molar-refractivity contribution in [1.82, 2.24) is 10.2 Å². The smallest absolute Gasteiger partial charge is 0.289 e. The minimum absolute atomic E-state index is 0.129. The van der Waals surface area contributed by atoms with Crippen LogP contribution in [0.3, 0.4) is 0 Å². The van der Waals surface area contributed by atoms with Crippen molar-refractivity contribution in [2.45, 2.75) is 39.3 Å². The zero-order chi connectivity index (χ0) is 20.3. The van der Waals surface area contributed by atoms with Gasteiger partial charge in [-0.25, -0.2) is 0 Å². The van der Waals surface area contributed by atoms with Crippen LogP contribution in [0.15, 0.2) is 48.5 Å². The van der Waals surface area contributed by atoms with E-state index < -0.39 is 0 Å². The lowest BCUT2D eigenvalue weighted by molar-refractivity contribution is -0.125. The number of hydrogen-bond acceptors (Lipinski definition) is 4. The minimum atomic E-state index is -0.238. The van der Waals surface area contributed by atoms with Gasteiger partial charge < -0.3 is 5.32 Å². The van der Waals surface area contributed by atoms with E-state index in [4.69, 9.17) is 0 Å². The van der Waals surface area contributed by atoms with Gasteiger partial charge in [0.05, 0.1) is 18.3 Å². The zero-order valence-electron chi connectivity index (χ0n) is 16.3. The molecule has 0 bridgehead atoms. The largest absolute Gasteiger partial charge is 0.346 e. The van der Waals surface area contributed by atoms with Crippen molar-refractivity contribution in [2.75, 3.05) is 5.75 Å². The molecular weight excluding hydrogens is 372 g/mol. The first-order valence-electron chi connectivity index (χ1n) is 9.32. The van der Waals surface area contributed by atoms with Crippen molar-refractivity contribution in [2.24, 2.45) is 0 Å². The first kappa shape index (κ1) is 20.1. The topological polar surface area (TPSA) is 66.5 Å². The van der Waals surface area contributed by atoms with Gasteiger partial charge >= 0.3 is 0 Å². The van der Waals surface area contributed by atoms with Gasteiger partial charge in [-0.2, -0.15) is 0 Å². The molecule has 5 nitrogen and oxygen atoms in total. The van der Waals surface area contributed by atoms with Gasteiger partial charge in [-0.1, -0.05) is 62.0 Å². The lowest BCUT2D eigenvalue weighted by Crippen LogP contribution is -2.29. The fraction of sp³-hybridized carbons (Fsp3) is 0.318. The van der Waals surface area contributed by atoms with E-state index in [1.807, 2.05) is 25.1 Å². The van der Waals surface area contributed by atoms with E-state index in [0.29, 0.717) is 11.5 Å². The molecule has 3 rings (SSSR count). The van der Waals surface area contributed by atoms with E-state index in [1.54, 1.807) is 18.2 Å². The fourth-order valence-electron chi connectivity index (χ4n) is 3.06. The number of rotatable bonds is 6. The Labute approximate surface area is 169 Å².